The van der Waals surface area contributed by atoms with Gasteiger partial charge in [-0.2, -0.15) is 17.5 Å². The topological polar surface area (TPSA) is 83.0 Å². The van der Waals surface area contributed by atoms with Gasteiger partial charge in [-0.3, -0.25) is 4.99 Å². The van der Waals surface area contributed by atoms with Crippen LogP contribution in [0.3, 0.4) is 0 Å². The van der Waals surface area contributed by atoms with Crippen molar-refractivity contribution in [2.75, 3.05) is 33.3 Å². The van der Waals surface area contributed by atoms with Gasteiger partial charge in [0.05, 0.1) is 6.54 Å². The van der Waals surface area contributed by atoms with Crippen LogP contribution in [-0.2, 0) is 10.0 Å². The Kier molecular flexibility index (Phi) is 7.75. The van der Waals surface area contributed by atoms with Gasteiger partial charge < -0.3 is 15.4 Å². The second-order valence-electron chi connectivity index (χ2n) is 6.94. The monoisotopic (exact) mass is 436 g/mol. The Labute approximate surface area is 169 Å². The molecule has 0 spiro atoms. The van der Waals surface area contributed by atoms with Crippen molar-refractivity contribution < 1.29 is 26.3 Å². The van der Waals surface area contributed by atoms with Crippen LogP contribution >= 0.6 is 0 Å². The lowest BCUT2D eigenvalue weighted by atomic mass is 10.1. The predicted octanol–water partition coefficient (Wildman–Crippen LogP) is 2.16. The third-order valence-corrected chi connectivity index (χ3v) is 6.14. The molecular formula is C18H27F3N4O3S. The Balaban J connectivity index is 1.75. The summed E-state index contributed by atoms with van der Waals surface area (Å²) >= 11 is 0. The highest BCUT2D eigenvalue weighted by Crippen LogP contribution is 2.28. The standard InChI is InChI=1S/C18H27F3N4O3S/c1-13-10-14(2)12-16(11-13)28-9-6-23-17(22-3)24-15-4-7-25(8-5-15)29(26,27)18(19,20)21/h10-12,15H,4-9H2,1-3H3,(H2,22,23,24). The first kappa shape index (κ1) is 23.3. The van der Waals surface area contributed by atoms with Gasteiger partial charge in [-0.15, -0.1) is 0 Å². The van der Waals surface area contributed by atoms with Crippen LogP contribution in [0.1, 0.15) is 24.0 Å². The molecule has 0 atom stereocenters. The number of hydrogen-bond donors (Lipinski definition) is 2. The van der Waals surface area contributed by atoms with E-state index in [9.17, 15) is 21.6 Å². The number of guanidine groups is 1. The first-order valence-electron chi connectivity index (χ1n) is 9.27. The molecule has 0 aromatic heterocycles. The van der Waals surface area contributed by atoms with Gasteiger partial charge in [0.15, 0.2) is 5.96 Å². The summed E-state index contributed by atoms with van der Waals surface area (Å²) in [7, 11) is -3.68. The fraction of sp³-hybridized carbons (Fsp3) is 0.611. The molecule has 2 rings (SSSR count). The molecule has 1 aliphatic heterocycles. The average Bonchev–Trinajstić information content (AvgIpc) is 2.63. The van der Waals surface area contributed by atoms with Crippen LogP contribution in [-0.4, -0.2) is 63.5 Å². The number of hydrogen-bond acceptors (Lipinski definition) is 4. The molecule has 0 radical (unpaired) electrons. The van der Waals surface area contributed by atoms with E-state index in [0.717, 1.165) is 16.9 Å². The van der Waals surface area contributed by atoms with Crippen molar-refractivity contribution in [1.29, 1.82) is 0 Å². The van der Waals surface area contributed by atoms with Crippen LogP contribution < -0.4 is 15.4 Å². The van der Waals surface area contributed by atoms with Gasteiger partial charge in [-0.25, -0.2) is 8.42 Å². The molecule has 1 aromatic rings. The third kappa shape index (κ3) is 6.49. The van der Waals surface area contributed by atoms with E-state index in [2.05, 4.69) is 21.7 Å². The predicted molar refractivity (Wildman–Crippen MR) is 105 cm³/mol. The lowest BCUT2D eigenvalue weighted by Crippen LogP contribution is -2.52. The number of benzene rings is 1. The normalized spacial score (nSPS) is 17.2. The number of ether oxygens (including phenoxy) is 1. The SMILES string of the molecule is CN=C(NCCOc1cc(C)cc(C)c1)NC1CCN(S(=O)(=O)C(F)(F)F)CC1. The molecule has 2 N–H and O–H groups in total. The van der Waals surface area contributed by atoms with E-state index in [1.165, 1.54) is 0 Å². The fourth-order valence-corrected chi connectivity index (χ4v) is 4.11. The van der Waals surface area contributed by atoms with E-state index in [-0.39, 0.29) is 32.0 Å². The molecule has 7 nitrogen and oxygen atoms in total. The van der Waals surface area contributed by atoms with Crippen LogP contribution in [0.25, 0.3) is 0 Å². The molecule has 1 saturated heterocycles. The maximum absolute atomic E-state index is 12.6. The van der Waals surface area contributed by atoms with E-state index in [1.54, 1.807) is 7.05 Å². The van der Waals surface area contributed by atoms with Crippen molar-refractivity contribution in [2.24, 2.45) is 4.99 Å². The van der Waals surface area contributed by atoms with E-state index in [0.29, 0.717) is 23.4 Å². The summed E-state index contributed by atoms with van der Waals surface area (Å²) in [6.07, 6.45) is 0.518. The second-order valence-corrected chi connectivity index (χ2v) is 8.87. The molecule has 0 saturated carbocycles. The number of aliphatic imine (C=N–C) groups is 1. The summed E-state index contributed by atoms with van der Waals surface area (Å²) in [5.74, 6) is 1.27. The molecule has 1 heterocycles. The Hall–Kier alpha value is -2.01. The summed E-state index contributed by atoms with van der Waals surface area (Å²) in [5, 5.41) is 6.20. The Bertz CT molecular complexity index is 800. The molecule has 0 unspecified atom stereocenters. The zero-order valence-corrected chi connectivity index (χ0v) is 17.5. The Morgan fingerprint density at radius 2 is 1.79 bits per heavy atom. The largest absolute Gasteiger partial charge is 0.511 e. The van der Waals surface area contributed by atoms with Crippen LogP contribution in [0.5, 0.6) is 5.75 Å². The van der Waals surface area contributed by atoms with Crippen LogP contribution in [0.4, 0.5) is 13.2 Å². The minimum absolute atomic E-state index is 0.166. The highest BCUT2D eigenvalue weighted by Gasteiger charge is 2.50. The van der Waals surface area contributed by atoms with Gasteiger partial charge >= 0.3 is 15.5 Å². The minimum atomic E-state index is -5.26. The highest BCUT2D eigenvalue weighted by atomic mass is 32.2. The number of aryl methyl sites for hydroxylation is 2. The summed E-state index contributed by atoms with van der Waals surface area (Å²) in [4.78, 5) is 4.09. The molecule has 164 valence electrons. The molecule has 0 bridgehead atoms. The Morgan fingerprint density at radius 3 is 2.31 bits per heavy atom. The quantitative estimate of drug-likeness (QED) is 0.406. The molecule has 1 aromatic carbocycles. The number of nitrogens with zero attached hydrogens (tertiary/aromatic N) is 2. The first-order chi connectivity index (χ1) is 13.5. The third-order valence-electron chi connectivity index (χ3n) is 4.51. The van der Waals surface area contributed by atoms with E-state index < -0.39 is 15.5 Å². The fourth-order valence-electron chi connectivity index (χ4n) is 3.13. The summed E-state index contributed by atoms with van der Waals surface area (Å²) in [5.41, 5.74) is -3.03. The van der Waals surface area contributed by atoms with Crippen LogP contribution in [0.2, 0.25) is 0 Å². The van der Waals surface area contributed by atoms with Crippen molar-refractivity contribution in [3.05, 3.63) is 29.3 Å². The van der Waals surface area contributed by atoms with Crippen LogP contribution in [0.15, 0.2) is 23.2 Å². The molecule has 0 amide bonds. The number of piperidine rings is 1. The average molecular weight is 437 g/mol. The van der Waals surface area contributed by atoms with Crippen LogP contribution in [0, 0.1) is 13.8 Å². The smallest absolute Gasteiger partial charge is 0.492 e. The first-order valence-corrected chi connectivity index (χ1v) is 10.7. The summed E-state index contributed by atoms with van der Waals surface area (Å²) in [6, 6.07) is 5.79. The lowest BCUT2D eigenvalue weighted by molar-refractivity contribution is -0.0494. The molecule has 0 aliphatic carbocycles. The van der Waals surface area contributed by atoms with Gasteiger partial charge in [0.2, 0.25) is 0 Å². The van der Waals surface area contributed by atoms with Gasteiger partial charge in [-0.1, -0.05) is 6.07 Å². The zero-order chi connectivity index (χ0) is 21.7. The van der Waals surface area contributed by atoms with Gasteiger partial charge in [0.1, 0.15) is 12.4 Å². The van der Waals surface area contributed by atoms with Gasteiger partial charge in [0, 0.05) is 26.2 Å². The minimum Gasteiger partial charge on any atom is -0.492 e. The van der Waals surface area contributed by atoms with E-state index in [4.69, 9.17) is 4.74 Å². The second kappa shape index (κ2) is 9.66. The number of alkyl halides is 3. The van der Waals surface area contributed by atoms with Crippen molar-refractivity contribution in [3.63, 3.8) is 0 Å². The Morgan fingerprint density at radius 1 is 1.21 bits per heavy atom. The van der Waals surface area contributed by atoms with E-state index in [1.807, 2.05) is 26.0 Å². The van der Waals surface area contributed by atoms with Crippen molar-refractivity contribution >= 4 is 16.0 Å². The van der Waals surface area contributed by atoms with Crippen molar-refractivity contribution in [3.8, 4) is 5.75 Å². The number of nitrogens with one attached hydrogen (secondary N) is 2. The highest BCUT2D eigenvalue weighted by molar-refractivity contribution is 7.90. The van der Waals surface area contributed by atoms with Gasteiger partial charge in [-0.05, 0) is 49.9 Å². The van der Waals surface area contributed by atoms with Gasteiger partial charge in [0.25, 0.3) is 0 Å². The number of rotatable bonds is 6. The lowest BCUT2D eigenvalue weighted by Gasteiger charge is -2.32. The van der Waals surface area contributed by atoms with Crippen molar-refractivity contribution in [1.82, 2.24) is 14.9 Å². The molecule has 1 aliphatic rings. The summed E-state index contributed by atoms with van der Waals surface area (Å²) < 4.78 is 67.0. The summed E-state index contributed by atoms with van der Waals surface area (Å²) in [6.45, 7) is 4.50. The molecular weight excluding hydrogens is 409 g/mol. The molecule has 29 heavy (non-hydrogen) atoms. The zero-order valence-electron chi connectivity index (χ0n) is 16.7. The molecule has 1 fully saturated rings. The maximum Gasteiger partial charge on any atom is 0.511 e. The maximum atomic E-state index is 12.6. The molecule has 11 heteroatoms. The van der Waals surface area contributed by atoms with Crippen molar-refractivity contribution in [2.45, 2.75) is 38.2 Å². The number of sulfonamides is 1. The van der Waals surface area contributed by atoms with E-state index >= 15 is 0 Å². The number of halogens is 3.